The summed E-state index contributed by atoms with van der Waals surface area (Å²) in [5.41, 5.74) is 1.32. The Balaban J connectivity index is 0.00000900. The molecule has 0 saturated heterocycles. The summed E-state index contributed by atoms with van der Waals surface area (Å²) in [6, 6.07) is 0. The number of allylic oxidation sites excluding steroid dienone is 1. The van der Waals surface area contributed by atoms with Crippen LogP contribution in [0.1, 0.15) is 92.4 Å². The van der Waals surface area contributed by atoms with Crippen molar-refractivity contribution in [3.05, 3.63) is 30.4 Å². The van der Waals surface area contributed by atoms with E-state index in [4.69, 9.17) is 4.74 Å². The number of aromatic nitrogens is 2. The molecule has 0 unspecified atom stereocenters. The maximum atomic E-state index is 11.9. The van der Waals surface area contributed by atoms with Gasteiger partial charge in [-0.25, -0.2) is 13.9 Å². The number of hydrogen-bond donors (Lipinski definition) is 0. The molecule has 4 nitrogen and oxygen atoms in total. The van der Waals surface area contributed by atoms with Gasteiger partial charge in [-0.15, -0.1) is 0 Å². The maximum Gasteiger partial charge on any atom is 0.348 e. The molecule has 1 heterocycles. The molecule has 0 aliphatic carbocycles. The van der Waals surface area contributed by atoms with Gasteiger partial charge in [0.15, 0.2) is 6.54 Å². The van der Waals surface area contributed by atoms with Crippen molar-refractivity contribution in [2.45, 2.75) is 99.0 Å². The Labute approximate surface area is 202 Å². The lowest BCUT2D eigenvalue weighted by molar-refractivity contribution is -0.671. The summed E-state index contributed by atoms with van der Waals surface area (Å²) in [4.78, 5) is 11.9. The number of carbonyl (C=O) groups excluding carboxylic acids is 1. The van der Waals surface area contributed by atoms with Gasteiger partial charge in [-0.05, 0) is 43.6 Å². The average Bonchev–Trinajstić information content (AvgIpc) is 3.06. The number of nitrogens with zero attached hydrogens (tertiary/aromatic N) is 2. The molecule has 1 aromatic heterocycles. The molecular formula is C26H47BrN2O2. The van der Waals surface area contributed by atoms with E-state index in [-0.39, 0.29) is 29.5 Å². The monoisotopic (exact) mass is 498 g/mol. The van der Waals surface area contributed by atoms with Crippen LogP contribution >= 0.6 is 0 Å². The van der Waals surface area contributed by atoms with Crippen LogP contribution in [0.15, 0.2) is 30.4 Å². The summed E-state index contributed by atoms with van der Waals surface area (Å²) in [7, 11) is 1.93. The molecule has 0 aliphatic heterocycles. The number of rotatable bonds is 16. The number of aryl methyl sites for hydroxylation is 1. The van der Waals surface area contributed by atoms with Crippen LogP contribution in [0.3, 0.4) is 0 Å². The number of ether oxygens (including phenoxy) is 1. The molecule has 1 aromatic rings. The van der Waals surface area contributed by atoms with E-state index in [9.17, 15) is 4.79 Å². The summed E-state index contributed by atoms with van der Waals surface area (Å²) < 4.78 is 9.06. The van der Waals surface area contributed by atoms with E-state index in [2.05, 4.69) is 40.7 Å². The van der Waals surface area contributed by atoms with Crippen molar-refractivity contribution in [2.75, 3.05) is 6.61 Å². The van der Waals surface area contributed by atoms with Gasteiger partial charge in [-0.1, -0.05) is 78.2 Å². The van der Waals surface area contributed by atoms with Crippen LogP contribution in [0.5, 0.6) is 0 Å². The Bertz CT molecular complexity index is 625. The highest BCUT2D eigenvalue weighted by Crippen LogP contribution is 2.22. The Morgan fingerprint density at radius 2 is 1.58 bits per heavy atom. The van der Waals surface area contributed by atoms with Crippen molar-refractivity contribution in [3.63, 3.8) is 0 Å². The summed E-state index contributed by atoms with van der Waals surface area (Å²) in [5, 5.41) is 0. The summed E-state index contributed by atoms with van der Waals surface area (Å²) in [6.07, 6.45) is 19.6. The van der Waals surface area contributed by atoms with E-state index in [1.165, 1.54) is 56.9 Å². The third-order valence-corrected chi connectivity index (χ3v) is 5.95. The second-order valence-electron chi connectivity index (χ2n) is 9.84. The molecule has 0 aromatic carbocycles. The molecule has 0 saturated carbocycles. The zero-order valence-electron chi connectivity index (χ0n) is 20.9. The fourth-order valence-electron chi connectivity index (χ4n) is 3.88. The van der Waals surface area contributed by atoms with Gasteiger partial charge in [0.2, 0.25) is 6.33 Å². The van der Waals surface area contributed by atoms with Crippen molar-refractivity contribution < 1.29 is 31.1 Å². The fourth-order valence-corrected chi connectivity index (χ4v) is 3.88. The smallest absolute Gasteiger partial charge is 0.348 e. The summed E-state index contributed by atoms with van der Waals surface area (Å²) in [5.74, 6) is 2.34. The molecular weight excluding hydrogens is 452 g/mol. The van der Waals surface area contributed by atoms with E-state index in [1.54, 1.807) is 0 Å². The minimum Gasteiger partial charge on any atom is -1.00 e. The highest BCUT2D eigenvalue weighted by Gasteiger charge is 2.09. The Kier molecular flexibility index (Phi) is 16.8. The Hall–Kier alpha value is -1.10. The van der Waals surface area contributed by atoms with Crippen LogP contribution in [0, 0.1) is 17.8 Å². The minimum absolute atomic E-state index is 0. The van der Waals surface area contributed by atoms with E-state index in [0.29, 0.717) is 6.61 Å². The quantitative estimate of drug-likeness (QED) is 0.199. The molecule has 0 fully saturated rings. The lowest BCUT2D eigenvalue weighted by Crippen LogP contribution is -3.00. The van der Waals surface area contributed by atoms with Gasteiger partial charge >= 0.3 is 5.97 Å². The Morgan fingerprint density at radius 3 is 2.13 bits per heavy atom. The van der Waals surface area contributed by atoms with Crippen molar-refractivity contribution in [1.82, 2.24) is 4.57 Å². The van der Waals surface area contributed by atoms with Gasteiger partial charge in [-0.2, -0.15) is 0 Å². The number of halogens is 1. The molecule has 180 valence electrons. The van der Waals surface area contributed by atoms with Crippen LogP contribution in [0.25, 0.3) is 0 Å². The molecule has 2 atom stereocenters. The van der Waals surface area contributed by atoms with Crippen molar-refractivity contribution >= 4 is 5.97 Å². The normalized spacial score (nSPS) is 13.7. The second-order valence-corrected chi connectivity index (χ2v) is 9.84. The first-order valence-electron chi connectivity index (χ1n) is 12.1. The highest BCUT2D eigenvalue weighted by atomic mass is 79.9. The average molecular weight is 500 g/mol. The van der Waals surface area contributed by atoms with Crippen LogP contribution in [0.4, 0.5) is 0 Å². The first-order valence-corrected chi connectivity index (χ1v) is 12.1. The van der Waals surface area contributed by atoms with Gasteiger partial charge in [0.1, 0.15) is 19.0 Å². The van der Waals surface area contributed by atoms with Crippen LogP contribution in [-0.4, -0.2) is 17.1 Å². The zero-order valence-corrected chi connectivity index (χ0v) is 22.5. The van der Waals surface area contributed by atoms with Gasteiger partial charge in [0.05, 0.1) is 7.05 Å². The fraction of sp³-hybridized carbons (Fsp3) is 0.769. The largest absolute Gasteiger partial charge is 1.00 e. The van der Waals surface area contributed by atoms with Crippen molar-refractivity contribution in [1.29, 1.82) is 0 Å². The molecule has 0 aliphatic rings. The number of hydrogen-bond acceptors (Lipinski definition) is 2. The minimum atomic E-state index is -0.192. The molecule has 1 rings (SSSR count). The Morgan fingerprint density at radius 1 is 1.00 bits per heavy atom. The van der Waals surface area contributed by atoms with Crippen LogP contribution in [-0.2, 0) is 23.1 Å². The van der Waals surface area contributed by atoms with Crippen molar-refractivity contribution in [3.8, 4) is 0 Å². The predicted octanol–water partition coefficient (Wildman–Crippen LogP) is 3.25. The van der Waals surface area contributed by atoms with Crippen LogP contribution in [0.2, 0.25) is 0 Å². The lowest BCUT2D eigenvalue weighted by Gasteiger charge is -2.15. The summed E-state index contributed by atoms with van der Waals surface area (Å²) in [6.45, 7) is 12.2. The third kappa shape index (κ3) is 16.2. The topological polar surface area (TPSA) is 35.1 Å². The van der Waals surface area contributed by atoms with E-state index in [1.807, 2.05) is 34.9 Å². The highest BCUT2D eigenvalue weighted by molar-refractivity contribution is 5.69. The molecule has 5 heteroatoms. The molecule has 0 N–H and O–H groups in total. The molecule has 31 heavy (non-hydrogen) atoms. The number of imidazole rings is 1. The van der Waals surface area contributed by atoms with Gasteiger partial charge in [-0.3, -0.25) is 0 Å². The molecule has 0 amide bonds. The summed E-state index contributed by atoms with van der Waals surface area (Å²) >= 11 is 0. The van der Waals surface area contributed by atoms with E-state index in [0.717, 1.165) is 24.2 Å². The number of esters is 1. The predicted molar refractivity (Wildman–Crippen MR) is 125 cm³/mol. The first-order chi connectivity index (χ1) is 14.3. The van der Waals surface area contributed by atoms with Crippen molar-refractivity contribution in [2.24, 2.45) is 24.8 Å². The van der Waals surface area contributed by atoms with E-state index >= 15 is 0 Å². The van der Waals surface area contributed by atoms with Gasteiger partial charge in [0, 0.05) is 0 Å². The first kappa shape index (κ1) is 29.9. The molecule has 0 bridgehead atoms. The SMILES string of the molecule is C/C(=C\COC(=O)Cn1cc[n+](C)c1)CCC[C@H](C)CCC[C@H](C)CCCC(C)C.[Br-]. The molecule has 0 spiro atoms. The van der Waals surface area contributed by atoms with Gasteiger partial charge in [0.25, 0.3) is 0 Å². The third-order valence-electron chi connectivity index (χ3n) is 5.95. The van der Waals surface area contributed by atoms with Gasteiger partial charge < -0.3 is 21.7 Å². The zero-order chi connectivity index (χ0) is 22.4. The maximum absolute atomic E-state index is 11.9. The lowest BCUT2D eigenvalue weighted by atomic mass is 9.91. The standard InChI is InChI=1S/C26H47N2O2.BrH/c1-22(2)10-7-11-23(3)12-8-13-24(4)14-9-15-25(5)16-19-30-26(29)20-28-18-17-27(6)21-28;/h16-18,21-24H,7-15,19-20H2,1-6H3;1H/q+1;/p-1/b25-16+;/t23-,24-;/m1./s1. The molecule has 0 radical (unpaired) electrons. The second kappa shape index (κ2) is 17.5. The van der Waals surface area contributed by atoms with E-state index < -0.39 is 0 Å². The van der Waals surface area contributed by atoms with Crippen LogP contribution < -0.4 is 21.5 Å². The number of carbonyl (C=O) groups is 1.